The van der Waals surface area contributed by atoms with Gasteiger partial charge in [-0.2, -0.15) is 0 Å². The van der Waals surface area contributed by atoms with Gasteiger partial charge in [-0.05, 0) is 35.9 Å². The fourth-order valence-corrected chi connectivity index (χ4v) is 2.02. The minimum atomic E-state index is 0.727. The number of nitrogens with zero attached hydrogens (tertiary/aromatic N) is 1. The van der Waals surface area contributed by atoms with Crippen molar-refractivity contribution in [3.8, 4) is 5.75 Å². The average Bonchev–Trinajstić information content (AvgIpc) is 2.47. The Labute approximate surface area is 106 Å². The molecule has 3 heteroatoms. The van der Waals surface area contributed by atoms with Crippen molar-refractivity contribution in [2.75, 3.05) is 12.4 Å². The highest BCUT2D eigenvalue weighted by Gasteiger charge is 2.12. The molecule has 1 heterocycles. The van der Waals surface area contributed by atoms with Crippen LogP contribution < -0.4 is 10.1 Å². The molecule has 1 aliphatic heterocycles. The Hall–Kier alpha value is -2.29. The molecule has 90 valence electrons. The third-order valence-electron chi connectivity index (χ3n) is 3.04. The Morgan fingerprint density at radius 2 is 1.83 bits per heavy atom. The highest BCUT2D eigenvalue weighted by molar-refractivity contribution is 6.09. The summed E-state index contributed by atoms with van der Waals surface area (Å²) in [5.41, 5.74) is 3.44. The van der Waals surface area contributed by atoms with Crippen molar-refractivity contribution in [2.45, 2.75) is 6.54 Å². The number of amidine groups is 1. The van der Waals surface area contributed by atoms with E-state index >= 15 is 0 Å². The highest BCUT2D eigenvalue weighted by atomic mass is 16.5. The number of hydrogen-bond acceptors (Lipinski definition) is 3. The largest absolute Gasteiger partial charge is 0.497 e. The molecule has 0 atom stereocenters. The van der Waals surface area contributed by atoms with Gasteiger partial charge in [-0.3, -0.25) is 4.99 Å². The smallest absolute Gasteiger partial charge is 0.133 e. The number of benzene rings is 2. The fraction of sp³-hybridized carbons (Fsp3) is 0.133. The van der Waals surface area contributed by atoms with Gasteiger partial charge in [-0.1, -0.05) is 18.2 Å². The van der Waals surface area contributed by atoms with Crippen molar-refractivity contribution in [3.63, 3.8) is 0 Å². The molecule has 0 bridgehead atoms. The Balaban J connectivity index is 1.88. The van der Waals surface area contributed by atoms with E-state index in [1.807, 2.05) is 36.4 Å². The zero-order valence-electron chi connectivity index (χ0n) is 10.2. The topological polar surface area (TPSA) is 33.6 Å². The van der Waals surface area contributed by atoms with Gasteiger partial charge in [0.2, 0.25) is 0 Å². The van der Waals surface area contributed by atoms with Crippen LogP contribution in [0.15, 0.2) is 53.5 Å². The molecule has 0 fully saturated rings. The Morgan fingerprint density at radius 1 is 1.06 bits per heavy atom. The van der Waals surface area contributed by atoms with Crippen LogP contribution in [0.5, 0.6) is 5.75 Å². The maximum absolute atomic E-state index is 5.15. The quantitative estimate of drug-likeness (QED) is 0.872. The molecule has 1 aliphatic rings. The highest BCUT2D eigenvalue weighted by Crippen LogP contribution is 2.22. The maximum atomic E-state index is 5.15. The van der Waals surface area contributed by atoms with Gasteiger partial charge in [-0.15, -0.1) is 0 Å². The molecule has 2 aromatic rings. The van der Waals surface area contributed by atoms with Gasteiger partial charge in [0.15, 0.2) is 0 Å². The van der Waals surface area contributed by atoms with Crippen LogP contribution in [0.2, 0.25) is 0 Å². The lowest BCUT2D eigenvalue weighted by atomic mass is 10.1. The average molecular weight is 238 g/mol. The van der Waals surface area contributed by atoms with Gasteiger partial charge >= 0.3 is 0 Å². The summed E-state index contributed by atoms with van der Waals surface area (Å²) in [4.78, 5) is 4.56. The third-order valence-corrected chi connectivity index (χ3v) is 3.04. The summed E-state index contributed by atoms with van der Waals surface area (Å²) in [6.45, 7) is 0.727. The summed E-state index contributed by atoms with van der Waals surface area (Å²) in [6, 6.07) is 16.2. The van der Waals surface area contributed by atoms with Gasteiger partial charge < -0.3 is 10.1 Å². The Bertz CT molecular complexity index is 588. The first-order valence-electron chi connectivity index (χ1n) is 5.90. The van der Waals surface area contributed by atoms with Crippen molar-refractivity contribution in [1.82, 2.24) is 0 Å². The first kappa shape index (κ1) is 10.8. The van der Waals surface area contributed by atoms with Crippen molar-refractivity contribution in [2.24, 2.45) is 4.99 Å². The van der Waals surface area contributed by atoms with Crippen LogP contribution in [0, 0.1) is 0 Å². The Morgan fingerprint density at radius 3 is 2.61 bits per heavy atom. The number of rotatable bonds is 2. The SMILES string of the molecule is COc1ccc(C2=NCc3ccccc3N2)cc1. The predicted molar refractivity (Wildman–Crippen MR) is 73.3 cm³/mol. The van der Waals surface area contributed by atoms with E-state index < -0.39 is 0 Å². The normalized spacial score (nSPS) is 13.3. The summed E-state index contributed by atoms with van der Waals surface area (Å²) >= 11 is 0. The summed E-state index contributed by atoms with van der Waals surface area (Å²) in [5.74, 6) is 1.77. The number of aliphatic imine (C=N–C) groups is 1. The fourth-order valence-electron chi connectivity index (χ4n) is 2.02. The van der Waals surface area contributed by atoms with Gasteiger partial charge in [0.05, 0.1) is 13.7 Å². The molecule has 0 saturated heterocycles. The molecule has 3 rings (SSSR count). The molecule has 0 saturated carbocycles. The van der Waals surface area contributed by atoms with E-state index in [1.165, 1.54) is 5.56 Å². The first-order valence-corrected chi connectivity index (χ1v) is 5.90. The minimum absolute atomic E-state index is 0.727. The van der Waals surface area contributed by atoms with Gasteiger partial charge in [-0.25, -0.2) is 0 Å². The summed E-state index contributed by atoms with van der Waals surface area (Å²) in [7, 11) is 1.67. The lowest BCUT2D eigenvalue weighted by Crippen LogP contribution is -2.18. The number of fused-ring (bicyclic) bond motifs is 1. The molecule has 0 aliphatic carbocycles. The van der Waals surface area contributed by atoms with Crippen molar-refractivity contribution in [1.29, 1.82) is 0 Å². The zero-order chi connectivity index (χ0) is 12.4. The molecule has 0 unspecified atom stereocenters. The van der Waals surface area contributed by atoms with Gasteiger partial charge in [0.25, 0.3) is 0 Å². The molecular formula is C15H14N2O. The first-order chi connectivity index (χ1) is 8.86. The number of hydrogen-bond donors (Lipinski definition) is 1. The standard InChI is InChI=1S/C15H14N2O/c1-18-13-8-6-11(7-9-13)15-16-10-12-4-2-3-5-14(12)17-15/h2-9H,10H2,1H3,(H,16,17). The summed E-state index contributed by atoms with van der Waals surface area (Å²) in [6.07, 6.45) is 0. The van der Waals surface area contributed by atoms with Crippen molar-refractivity contribution < 1.29 is 4.74 Å². The number of anilines is 1. The lowest BCUT2D eigenvalue weighted by Gasteiger charge is -2.18. The van der Waals surface area contributed by atoms with Crippen LogP contribution in [-0.4, -0.2) is 12.9 Å². The summed E-state index contributed by atoms with van der Waals surface area (Å²) in [5, 5.41) is 3.36. The molecule has 1 N–H and O–H groups in total. The monoisotopic (exact) mass is 238 g/mol. The van der Waals surface area contributed by atoms with E-state index in [2.05, 4.69) is 22.4 Å². The van der Waals surface area contributed by atoms with Crippen LogP contribution in [-0.2, 0) is 6.54 Å². The van der Waals surface area contributed by atoms with E-state index in [4.69, 9.17) is 4.74 Å². The molecule has 0 amide bonds. The molecule has 0 aromatic heterocycles. The third kappa shape index (κ3) is 1.95. The van der Waals surface area contributed by atoms with Crippen LogP contribution in [0.4, 0.5) is 5.69 Å². The zero-order valence-corrected chi connectivity index (χ0v) is 10.2. The van der Waals surface area contributed by atoms with Crippen LogP contribution in [0.3, 0.4) is 0 Å². The second kappa shape index (κ2) is 4.53. The van der Waals surface area contributed by atoms with Gasteiger partial charge in [0, 0.05) is 11.3 Å². The number of methoxy groups -OCH3 is 1. The van der Waals surface area contributed by atoms with Crippen LogP contribution in [0.25, 0.3) is 0 Å². The van der Waals surface area contributed by atoms with Crippen molar-refractivity contribution >= 4 is 11.5 Å². The molecule has 3 nitrogen and oxygen atoms in total. The van der Waals surface area contributed by atoms with E-state index in [9.17, 15) is 0 Å². The van der Waals surface area contributed by atoms with Crippen LogP contribution in [0.1, 0.15) is 11.1 Å². The van der Waals surface area contributed by atoms with Gasteiger partial charge in [0.1, 0.15) is 11.6 Å². The molecule has 18 heavy (non-hydrogen) atoms. The second-order valence-corrected chi connectivity index (χ2v) is 4.18. The lowest BCUT2D eigenvalue weighted by molar-refractivity contribution is 0.415. The van der Waals surface area contributed by atoms with E-state index in [0.29, 0.717) is 0 Å². The predicted octanol–water partition coefficient (Wildman–Crippen LogP) is 3.07. The van der Waals surface area contributed by atoms with Crippen LogP contribution >= 0.6 is 0 Å². The molecule has 0 spiro atoms. The number of para-hydroxylation sites is 1. The number of ether oxygens (including phenoxy) is 1. The summed E-state index contributed by atoms with van der Waals surface area (Å²) < 4.78 is 5.15. The Kier molecular flexibility index (Phi) is 2.73. The van der Waals surface area contributed by atoms with Crippen molar-refractivity contribution in [3.05, 3.63) is 59.7 Å². The second-order valence-electron chi connectivity index (χ2n) is 4.18. The van der Waals surface area contributed by atoms with E-state index in [1.54, 1.807) is 7.11 Å². The minimum Gasteiger partial charge on any atom is -0.497 e. The molecule has 0 radical (unpaired) electrons. The maximum Gasteiger partial charge on any atom is 0.133 e. The number of nitrogens with one attached hydrogen (secondary N) is 1. The van der Waals surface area contributed by atoms with E-state index in [-0.39, 0.29) is 0 Å². The molecular weight excluding hydrogens is 224 g/mol. The molecule has 2 aromatic carbocycles. The van der Waals surface area contributed by atoms with E-state index in [0.717, 1.165) is 29.4 Å².